The van der Waals surface area contributed by atoms with E-state index in [-0.39, 0.29) is 10.6 Å². The van der Waals surface area contributed by atoms with Crippen LogP contribution >= 0.6 is 0 Å². The number of benzene rings is 3. The highest BCUT2D eigenvalue weighted by molar-refractivity contribution is 5.83. The van der Waals surface area contributed by atoms with Crippen molar-refractivity contribution in [3.05, 3.63) is 89.0 Å². The summed E-state index contributed by atoms with van der Waals surface area (Å²) in [5, 5.41) is 11.1. The Kier molecular flexibility index (Phi) is 3.31. The lowest BCUT2D eigenvalue weighted by Gasteiger charge is -2.09. The molecule has 0 radical (unpaired) electrons. The number of fused-ring (bicyclic) bond motifs is 1. The summed E-state index contributed by atoms with van der Waals surface area (Å²) in [6, 6.07) is 24.3. The van der Waals surface area contributed by atoms with Gasteiger partial charge in [-0.05, 0) is 24.3 Å². The van der Waals surface area contributed by atoms with Gasteiger partial charge in [0.1, 0.15) is 5.82 Å². The fourth-order valence-corrected chi connectivity index (χ4v) is 2.82. The molecule has 0 unspecified atom stereocenters. The summed E-state index contributed by atoms with van der Waals surface area (Å²) in [4.78, 5) is 15.4. The Morgan fingerprint density at radius 2 is 1.62 bits per heavy atom. The molecule has 0 saturated carbocycles. The van der Waals surface area contributed by atoms with Gasteiger partial charge in [-0.3, -0.25) is 14.7 Å². The maximum atomic E-state index is 11.1. The summed E-state index contributed by atoms with van der Waals surface area (Å²) >= 11 is 0. The third kappa shape index (κ3) is 2.32. The molecule has 1 heterocycles. The lowest BCUT2D eigenvalue weighted by atomic mass is 10.2. The molecule has 5 nitrogen and oxygen atoms in total. The predicted octanol–water partition coefficient (Wildman–Crippen LogP) is 4.60. The first-order valence-corrected chi connectivity index (χ1v) is 7.52. The van der Waals surface area contributed by atoms with Gasteiger partial charge in [0.25, 0.3) is 5.69 Å². The number of imidazole rings is 1. The van der Waals surface area contributed by atoms with Crippen molar-refractivity contribution >= 4 is 16.7 Å². The van der Waals surface area contributed by atoms with Gasteiger partial charge < -0.3 is 0 Å². The highest BCUT2D eigenvalue weighted by Crippen LogP contribution is 2.30. The molecule has 0 fully saturated rings. The molecule has 0 atom stereocenters. The molecule has 0 aliphatic heterocycles. The third-order valence-electron chi connectivity index (χ3n) is 3.89. The topological polar surface area (TPSA) is 61.0 Å². The Hall–Kier alpha value is -3.47. The molecular formula is C19H13N3O2. The van der Waals surface area contributed by atoms with E-state index < -0.39 is 0 Å². The van der Waals surface area contributed by atoms with Crippen molar-refractivity contribution < 1.29 is 4.92 Å². The van der Waals surface area contributed by atoms with Gasteiger partial charge in [-0.25, -0.2) is 4.98 Å². The molecule has 0 saturated heterocycles. The Morgan fingerprint density at radius 1 is 0.875 bits per heavy atom. The molecule has 24 heavy (non-hydrogen) atoms. The van der Waals surface area contributed by atoms with Gasteiger partial charge in [-0.1, -0.05) is 42.5 Å². The fourth-order valence-electron chi connectivity index (χ4n) is 2.82. The van der Waals surface area contributed by atoms with Crippen LogP contribution in [0.15, 0.2) is 78.9 Å². The molecule has 5 heteroatoms. The highest BCUT2D eigenvalue weighted by atomic mass is 16.6. The molecule has 1 aromatic heterocycles. The Morgan fingerprint density at radius 3 is 2.42 bits per heavy atom. The molecule has 0 spiro atoms. The van der Waals surface area contributed by atoms with Crippen molar-refractivity contribution in [2.75, 3.05) is 0 Å². The van der Waals surface area contributed by atoms with Crippen LogP contribution in [0.1, 0.15) is 0 Å². The first-order chi connectivity index (χ1) is 11.7. The number of non-ortho nitro benzene ring substituents is 1. The quantitative estimate of drug-likeness (QED) is 0.410. The summed E-state index contributed by atoms with van der Waals surface area (Å²) < 4.78 is 2.02. The number of nitrogens with zero attached hydrogens (tertiary/aromatic N) is 3. The molecule has 4 rings (SSSR count). The summed E-state index contributed by atoms with van der Waals surface area (Å²) in [5.74, 6) is 0.686. The van der Waals surface area contributed by atoms with E-state index in [1.165, 1.54) is 6.07 Å². The maximum absolute atomic E-state index is 11.1. The number of nitro groups is 1. The maximum Gasteiger partial charge on any atom is 0.270 e. The van der Waals surface area contributed by atoms with E-state index in [0.29, 0.717) is 11.4 Å². The zero-order chi connectivity index (χ0) is 16.5. The minimum Gasteiger partial charge on any atom is -0.292 e. The van der Waals surface area contributed by atoms with Crippen molar-refractivity contribution in [3.8, 4) is 17.1 Å². The molecule has 0 N–H and O–H groups in total. The first kappa shape index (κ1) is 14.1. The molecule has 4 aromatic rings. The number of aromatic nitrogens is 2. The number of rotatable bonds is 3. The molecular weight excluding hydrogens is 302 g/mol. The molecule has 0 amide bonds. The van der Waals surface area contributed by atoms with E-state index in [4.69, 9.17) is 4.98 Å². The second-order valence-electron chi connectivity index (χ2n) is 5.40. The van der Waals surface area contributed by atoms with Crippen LogP contribution in [0.3, 0.4) is 0 Å². The SMILES string of the molecule is O=[N+]([O-])c1cccc(-c2nc3ccccc3n2-c2ccccc2)c1. The number of nitro benzene ring substituents is 1. The van der Waals surface area contributed by atoms with Gasteiger partial charge >= 0.3 is 0 Å². The van der Waals surface area contributed by atoms with Crippen molar-refractivity contribution in [1.82, 2.24) is 9.55 Å². The zero-order valence-corrected chi connectivity index (χ0v) is 12.7. The van der Waals surface area contributed by atoms with E-state index >= 15 is 0 Å². The molecule has 0 bridgehead atoms. The van der Waals surface area contributed by atoms with E-state index in [2.05, 4.69) is 0 Å². The van der Waals surface area contributed by atoms with E-state index in [1.807, 2.05) is 65.2 Å². The first-order valence-electron chi connectivity index (χ1n) is 7.52. The summed E-state index contributed by atoms with van der Waals surface area (Å²) in [6.07, 6.45) is 0. The largest absolute Gasteiger partial charge is 0.292 e. The summed E-state index contributed by atoms with van der Waals surface area (Å²) in [6.45, 7) is 0. The van der Waals surface area contributed by atoms with Crippen molar-refractivity contribution in [2.24, 2.45) is 0 Å². The van der Waals surface area contributed by atoms with E-state index in [9.17, 15) is 10.1 Å². The van der Waals surface area contributed by atoms with Crippen molar-refractivity contribution in [1.29, 1.82) is 0 Å². The van der Waals surface area contributed by atoms with Crippen LogP contribution in [-0.4, -0.2) is 14.5 Å². The second-order valence-corrected chi connectivity index (χ2v) is 5.40. The highest BCUT2D eigenvalue weighted by Gasteiger charge is 2.16. The predicted molar refractivity (Wildman–Crippen MR) is 93.2 cm³/mol. The minimum absolute atomic E-state index is 0.0548. The van der Waals surface area contributed by atoms with Crippen LogP contribution in [0.25, 0.3) is 28.1 Å². The van der Waals surface area contributed by atoms with Crippen molar-refractivity contribution in [2.45, 2.75) is 0 Å². The van der Waals surface area contributed by atoms with E-state index in [0.717, 1.165) is 16.7 Å². The van der Waals surface area contributed by atoms with Gasteiger partial charge in [0, 0.05) is 23.4 Å². The van der Waals surface area contributed by atoms with E-state index in [1.54, 1.807) is 12.1 Å². The summed E-state index contributed by atoms with van der Waals surface area (Å²) in [7, 11) is 0. The Balaban J connectivity index is 2.02. The fraction of sp³-hybridized carbons (Fsp3) is 0. The smallest absolute Gasteiger partial charge is 0.270 e. The average molecular weight is 315 g/mol. The lowest BCUT2D eigenvalue weighted by molar-refractivity contribution is -0.384. The van der Waals surface area contributed by atoms with Gasteiger partial charge in [-0.15, -0.1) is 0 Å². The van der Waals surface area contributed by atoms with Crippen LogP contribution in [0.5, 0.6) is 0 Å². The van der Waals surface area contributed by atoms with Crippen LogP contribution < -0.4 is 0 Å². The monoisotopic (exact) mass is 315 g/mol. The molecule has 0 aliphatic rings. The van der Waals surface area contributed by atoms with Gasteiger partial charge in [0.15, 0.2) is 0 Å². The average Bonchev–Trinajstić information content (AvgIpc) is 3.02. The molecule has 0 aliphatic carbocycles. The van der Waals surface area contributed by atoms with Gasteiger partial charge in [0.2, 0.25) is 0 Å². The lowest BCUT2D eigenvalue weighted by Crippen LogP contribution is -1.97. The number of hydrogen-bond donors (Lipinski definition) is 0. The van der Waals surface area contributed by atoms with Crippen LogP contribution in [0.2, 0.25) is 0 Å². The zero-order valence-electron chi connectivity index (χ0n) is 12.7. The number of hydrogen-bond acceptors (Lipinski definition) is 3. The Bertz CT molecular complexity index is 1040. The standard InChI is InChI=1S/C19H13N3O2/c23-22(24)16-10-6-7-14(13-16)19-20-17-11-4-5-12-18(17)21(19)15-8-2-1-3-9-15/h1-13H. The Labute approximate surface area is 138 Å². The summed E-state index contributed by atoms with van der Waals surface area (Å²) in [5.41, 5.74) is 3.55. The molecule has 116 valence electrons. The van der Waals surface area contributed by atoms with Gasteiger partial charge in [-0.2, -0.15) is 0 Å². The second kappa shape index (κ2) is 5.62. The van der Waals surface area contributed by atoms with Crippen LogP contribution in [0.4, 0.5) is 5.69 Å². The van der Waals surface area contributed by atoms with Crippen LogP contribution in [0, 0.1) is 10.1 Å². The normalized spacial score (nSPS) is 10.8. The molecule has 3 aromatic carbocycles. The minimum atomic E-state index is -0.390. The number of para-hydroxylation sites is 3. The van der Waals surface area contributed by atoms with Crippen LogP contribution in [-0.2, 0) is 0 Å². The van der Waals surface area contributed by atoms with Gasteiger partial charge in [0.05, 0.1) is 16.0 Å². The third-order valence-corrected chi connectivity index (χ3v) is 3.89. The van der Waals surface area contributed by atoms with Crippen molar-refractivity contribution in [3.63, 3.8) is 0 Å².